The molecule has 0 radical (unpaired) electrons. The Kier molecular flexibility index (Phi) is 3.71. The monoisotopic (exact) mass is 313 g/mol. The van der Waals surface area contributed by atoms with Crippen molar-refractivity contribution >= 4 is 11.7 Å². The first kappa shape index (κ1) is 14.7. The van der Waals surface area contributed by atoms with Crippen molar-refractivity contribution in [3.05, 3.63) is 24.3 Å². The van der Waals surface area contributed by atoms with Crippen LogP contribution >= 0.6 is 0 Å². The van der Waals surface area contributed by atoms with Gasteiger partial charge in [0.1, 0.15) is 0 Å². The van der Waals surface area contributed by atoms with Gasteiger partial charge < -0.3 is 4.90 Å². The molecule has 2 aromatic rings. The summed E-state index contributed by atoms with van der Waals surface area (Å²) in [4.78, 5) is 21.5. The number of alkyl halides is 3. The van der Waals surface area contributed by atoms with E-state index in [-0.39, 0.29) is 31.1 Å². The van der Waals surface area contributed by atoms with Crippen molar-refractivity contribution in [2.24, 2.45) is 5.92 Å². The Labute approximate surface area is 124 Å². The van der Waals surface area contributed by atoms with Crippen molar-refractivity contribution in [2.45, 2.75) is 25.4 Å². The molecule has 0 saturated carbocycles. The lowest BCUT2D eigenvalue weighted by atomic mass is 9.97. The van der Waals surface area contributed by atoms with E-state index in [0.29, 0.717) is 18.7 Å². The fourth-order valence-electron chi connectivity index (χ4n) is 2.57. The van der Waals surface area contributed by atoms with Crippen LogP contribution in [0.2, 0.25) is 0 Å². The summed E-state index contributed by atoms with van der Waals surface area (Å²) in [5.41, 5.74) is 0. The zero-order valence-corrected chi connectivity index (χ0v) is 11.6. The highest BCUT2D eigenvalue weighted by Crippen LogP contribution is 2.33. The van der Waals surface area contributed by atoms with E-state index in [2.05, 4.69) is 15.1 Å². The first-order valence-electron chi connectivity index (χ1n) is 6.94. The Morgan fingerprint density at radius 1 is 1.41 bits per heavy atom. The fourth-order valence-corrected chi connectivity index (χ4v) is 2.57. The van der Waals surface area contributed by atoms with Crippen LogP contribution in [0, 0.1) is 5.92 Å². The molecule has 3 rings (SSSR count). The van der Waals surface area contributed by atoms with E-state index < -0.39 is 12.1 Å². The second-order valence-corrected chi connectivity index (χ2v) is 5.29. The number of hydrogen-bond donors (Lipinski definition) is 0. The Morgan fingerprint density at radius 3 is 2.95 bits per heavy atom. The molecule has 1 saturated heterocycles. The van der Waals surface area contributed by atoms with E-state index in [9.17, 15) is 18.0 Å². The molecule has 118 valence electrons. The number of hydrogen-bond acceptors (Lipinski definition) is 4. The summed E-state index contributed by atoms with van der Waals surface area (Å²) in [7, 11) is 0. The summed E-state index contributed by atoms with van der Waals surface area (Å²) in [6.07, 6.45) is -0.754. The van der Waals surface area contributed by atoms with Gasteiger partial charge in [0.2, 0.25) is 5.91 Å². The molecular weight excluding hydrogens is 299 g/mol. The summed E-state index contributed by atoms with van der Waals surface area (Å²) < 4.78 is 39.7. The van der Waals surface area contributed by atoms with E-state index in [1.807, 2.05) is 0 Å². The summed E-state index contributed by atoms with van der Waals surface area (Å²) in [5, 5.41) is 4.09. The van der Waals surface area contributed by atoms with Gasteiger partial charge in [-0.3, -0.25) is 4.79 Å². The van der Waals surface area contributed by atoms with Gasteiger partial charge in [-0.2, -0.15) is 18.2 Å². The molecule has 9 heteroatoms. The number of likely N-dealkylation sites (tertiary alicyclic amines) is 1. The van der Waals surface area contributed by atoms with Crippen molar-refractivity contribution < 1.29 is 18.0 Å². The Bertz CT molecular complexity index is 651. The molecule has 0 bridgehead atoms. The number of carbonyl (C=O) groups is 1. The third-order valence-corrected chi connectivity index (χ3v) is 3.71. The number of nitrogens with zero attached hydrogens (tertiary/aromatic N) is 5. The molecule has 3 heterocycles. The van der Waals surface area contributed by atoms with E-state index in [1.54, 1.807) is 18.5 Å². The first-order valence-corrected chi connectivity index (χ1v) is 6.94. The number of carbonyl (C=O) groups excluding carboxylic acids is 1. The highest BCUT2D eigenvalue weighted by molar-refractivity contribution is 5.78. The zero-order valence-electron chi connectivity index (χ0n) is 11.6. The minimum Gasteiger partial charge on any atom is -0.342 e. The standard InChI is InChI=1S/C13H14F3N5O/c14-13(15,16)9-3-1-5-20(8-9)11(22)7-10-18-12-17-4-2-6-21(12)19-10/h2,4,6,9H,1,3,5,7-8H2. The van der Waals surface area contributed by atoms with Crippen molar-refractivity contribution in [1.29, 1.82) is 0 Å². The van der Waals surface area contributed by atoms with Crippen LogP contribution in [0.1, 0.15) is 18.7 Å². The molecule has 1 atom stereocenters. The van der Waals surface area contributed by atoms with Gasteiger partial charge in [-0.05, 0) is 18.9 Å². The molecule has 0 N–H and O–H groups in total. The number of amides is 1. The summed E-state index contributed by atoms with van der Waals surface area (Å²) in [5.74, 6) is -1.21. The van der Waals surface area contributed by atoms with Gasteiger partial charge in [0.15, 0.2) is 5.82 Å². The second kappa shape index (κ2) is 5.54. The van der Waals surface area contributed by atoms with Crippen molar-refractivity contribution in [3.63, 3.8) is 0 Å². The largest absolute Gasteiger partial charge is 0.393 e. The number of aromatic nitrogens is 4. The third-order valence-electron chi connectivity index (χ3n) is 3.71. The zero-order chi connectivity index (χ0) is 15.7. The maximum atomic E-state index is 12.8. The van der Waals surface area contributed by atoms with Gasteiger partial charge in [0, 0.05) is 25.5 Å². The summed E-state index contributed by atoms with van der Waals surface area (Å²) in [6, 6.07) is 1.67. The molecule has 1 aliphatic rings. The fraction of sp³-hybridized carbons (Fsp3) is 0.538. The average Bonchev–Trinajstić information content (AvgIpc) is 2.88. The third kappa shape index (κ3) is 3.02. The SMILES string of the molecule is O=C(Cc1nc2ncccn2n1)N1CCCC(C(F)(F)F)C1. The van der Waals surface area contributed by atoms with Gasteiger partial charge in [0.05, 0.1) is 12.3 Å². The van der Waals surface area contributed by atoms with Gasteiger partial charge in [0.25, 0.3) is 5.78 Å². The number of piperidine rings is 1. The summed E-state index contributed by atoms with van der Waals surface area (Å²) >= 11 is 0. The Morgan fingerprint density at radius 2 is 2.23 bits per heavy atom. The molecular formula is C13H14F3N5O. The van der Waals surface area contributed by atoms with E-state index >= 15 is 0 Å². The van der Waals surface area contributed by atoms with Crippen LogP contribution in [-0.2, 0) is 11.2 Å². The minimum absolute atomic E-state index is 0.0732. The van der Waals surface area contributed by atoms with Crippen LogP contribution in [0.5, 0.6) is 0 Å². The molecule has 1 amide bonds. The molecule has 0 spiro atoms. The van der Waals surface area contributed by atoms with Crippen LogP contribution in [0.25, 0.3) is 5.78 Å². The number of halogens is 3. The molecule has 1 fully saturated rings. The van der Waals surface area contributed by atoms with Gasteiger partial charge in [-0.15, -0.1) is 5.10 Å². The summed E-state index contributed by atoms with van der Waals surface area (Å²) in [6.45, 7) is 0.0605. The van der Waals surface area contributed by atoms with E-state index in [0.717, 1.165) is 0 Å². The van der Waals surface area contributed by atoms with Crippen LogP contribution < -0.4 is 0 Å². The van der Waals surface area contributed by atoms with Crippen LogP contribution in [0.15, 0.2) is 18.5 Å². The lowest BCUT2D eigenvalue weighted by molar-refractivity contribution is -0.187. The van der Waals surface area contributed by atoms with Gasteiger partial charge in [-0.25, -0.2) is 9.50 Å². The number of rotatable bonds is 2. The average molecular weight is 313 g/mol. The lowest BCUT2D eigenvalue weighted by Gasteiger charge is -2.33. The van der Waals surface area contributed by atoms with Gasteiger partial charge in [-0.1, -0.05) is 0 Å². The van der Waals surface area contributed by atoms with Crippen LogP contribution in [0.3, 0.4) is 0 Å². The van der Waals surface area contributed by atoms with Gasteiger partial charge >= 0.3 is 6.18 Å². The van der Waals surface area contributed by atoms with E-state index in [4.69, 9.17) is 0 Å². The van der Waals surface area contributed by atoms with Crippen LogP contribution in [-0.4, -0.2) is 49.7 Å². The molecule has 0 aliphatic carbocycles. The molecule has 2 aromatic heterocycles. The number of fused-ring (bicyclic) bond motifs is 1. The maximum Gasteiger partial charge on any atom is 0.393 e. The normalized spacial score (nSPS) is 19.6. The molecule has 1 unspecified atom stereocenters. The highest BCUT2D eigenvalue weighted by atomic mass is 19.4. The minimum atomic E-state index is -4.26. The van der Waals surface area contributed by atoms with E-state index in [1.165, 1.54) is 9.42 Å². The predicted molar refractivity (Wildman–Crippen MR) is 69.8 cm³/mol. The van der Waals surface area contributed by atoms with Crippen LogP contribution in [0.4, 0.5) is 13.2 Å². The molecule has 0 aromatic carbocycles. The Hall–Kier alpha value is -2.19. The molecule has 6 nitrogen and oxygen atoms in total. The topological polar surface area (TPSA) is 63.4 Å². The quantitative estimate of drug-likeness (QED) is 0.842. The smallest absolute Gasteiger partial charge is 0.342 e. The van der Waals surface area contributed by atoms with Crippen molar-refractivity contribution in [2.75, 3.05) is 13.1 Å². The maximum absolute atomic E-state index is 12.8. The Balaban J connectivity index is 1.68. The van der Waals surface area contributed by atoms with Crippen molar-refractivity contribution in [3.8, 4) is 0 Å². The lowest BCUT2D eigenvalue weighted by Crippen LogP contribution is -2.45. The predicted octanol–water partition coefficient (Wildman–Crippen LogP) is 1.47. The molecule has 1 aliphatic heterocycles. The second-order valence-electron chi connectivity index (χ2n) is 5.29. The first-order chi connectivity index (χ1) is 10.4. The molecule has 22 heavy (non-hydrogen) atoms. The van der Waals surface area contributed by atoms with Crippen molar-refractivity contribution in [1.82, 2.24) is 24.5 Å². The highest BCUT2D eigenvalue weighted by Gasteiger charge is 2.42.